The van der Waals surface area contributed by atoms with Crippen molar-refractivity contribution in [2.24, 2.45) is 0 Å². The van der Waals surface area contributed by atoms with Gasteiger partial charge < -0.3 is 9.84 Å². The van der Waals surface area contributed by atoms with E-state index in [0.717, 1.165) is 44.3 Å². The number of rotatable bonds is 3. The van der Waals surface area contributed by atoms with Crippen molar-refractivity contribution < 1.29 is 4.52 Å². The third kappa shape index (κ3) is 2.67. The largest absolute Gasteiger partial charge is 0.338 e. The lowest BCUT2D eigenvalue weighted by Gasteiger charge is -2.49. The summed E-state index contributed by atoms with van der Waals surface area (Å²) in [4.78, 5) is 7.04. The van der Waals surface area contributed by atoms with Crippen LogP contribution in [-0.4, -0.2) is 40.2 Å². The van der Waals surface area contributed by atoms with E-state index >= 15 is 0 Å². The maximum atomic E-state index is 5.37. The van der Waals surface area contributed by atoms with E-state index in [1.165, 1.54) is 32.1 Å². The molecule has 2 aliphatic rings. The molecule has 1 aromatic rings. The summed E-state index contributed by atoms with van der Waals surface area (Å²) in [7, 11) is 0. The highest BCUT2D eigenvalue weighted by molar-refractivity contribution is 4.99. The maximum Gasteiger partial charge on any atom is 0.240 e. The molecular weight excluding hydrogens is 240 g/mol. The highest BCUT2D eigenvalue weighted by Crippen LogP contribution is 2.35. The van der Waals surface area contributed by atoms with Crippen molar-refractivity contribution in [2.45, 2.75) is 57.5 Å². The second-order valence-electron chi connectivity index (χ2n) is 5.84. The van der Waals surface area contributed by atoms with Gasteiger partial charge in [0, 0.05) is 31.6 Å². The number of hydrogen-bond donors (Lipinski definition) is 1. The SMILES string of the molecule is CCc1noc(CN2CCNCC23CCCCC3)n1. The normalized spacial score (nSPS) is 23.8. The predicted octanol–water partition coefficient (Wildman–Crippen LogP) is 1.74. The van der Waals surface area contributed by atoms with Gasteiger partial charge in [-0.3, -0.25) is 4.90 Å². The highest BCUT2D eigenvalue weighted by atomic mass is 16.5. The van der Waals surface area contributed by atoms with Crippen LogP contribution in [0.25, 0.3) is 0 Å². The summed E-state index contributed by atoms with van der Waals surface area (Å²) < 4.78 is 5.37. The Bertz CT molecular complexity index is 403. The van der Waals surface area contributed by atoms with Crippen molar-refractivity contribution in [3.05, 3.63) is 11.7 Å². The second-order valence-corrected chi connectivity index (χ2v) is 5.84. The van der Waals surface area contributed by atoms with E-state index in [9.17, 15) is 0 Å². The second kappa shape index (κ2) is 5.59. The number of aryl methyl sites for hydroxylation is 1. The van der Waals surface area contributed by atoms with Gasteiger partial charge in [0.25, 0.3) is 0 Å². The molecule has 0 atom stereocenters. The van der Waals surface area contributed by atoms with E-state index in [0.29, 0.717) is 5.54 Å². The van der Waals surface area contributed by atoms with Crippen LogP contribution in [0.4, 0.5) is 0 Å². The van der Waals surface area contributed by atoms with Crippen LogP contribution >= 0.6 is 0 Å². The minimum absolute atomic E-state index is 0.331. The van der Waals surface area contributed by atoms with Gasteiger partial charge in [-0.2, -0.15) is 4.98 Å². The van der Waals surface area contributed by atoms with Gasteiger partial charge in [0.05, 0.1) is 6.54 Å². The maximum absolute atomic E-state index is 5.37. The zero-order valence-corrected chi connectivity index (χ0v) is 11.8. The minimum atomic E-state index is 0.331. The van der Waals surface area contributed by atoms with Crippen molar-refractivity contribution in [3.8, 4) is 0 Å². The lowest BCUT2D eigenvalue weighted by Crippen LogP contribution is -2.61. The molecule has 0 aromatic carbocycles. The first-order chi connectivity index (χ1) is 9.32. The Morgan fingerprint density at radius 2 is 2.16 bits per heavy atom. The van der Waals surface area contributed by atoms with Crippen LogP contribution in [0.5, 0.6) is 0 Å². The first-order valence-corrected chi connectivity index (χ1v) is 7.60. The van der Waals surface area contributed by atoms with Crippen molar-refractivity contribution in [2.75, 3.05) is 19.6 Å². The molecule has 19 heavy (non-hydrogen) atoms. The number of aromatic nitrogens is 2. The molecule has 2 heterocycles. The fraction of sp³-hybridized carbons (Fsp3) is 0.857. The van der Waals surface area contributed by atoms with Gasteiger partial charge in [-0.25, -0.2) is 0 Å². The Morgan fingerprint density at radius 3 is 2.89 bits per heavy atom. The topological polar surface area (TPSA) is 54.2 Å². The molecule has 1 aliphatic heterocycles. The Kier molecular flexibility index (Phi) is 3.84. The van der Waals surface area contributed by atoms with E-state index in [2.05, 4.69) is 27.3 Å². The van der Waals surface area contributed by atoms with Crippen LogP contribution in [0.15, 0.2) is 4.52 Å². The molecule has 1 aliphatic carbocycles. The third-order valence-corrected chi connectivity index (χ3v) is 4.62. The lowest BCUT2D eigenvalue weighted by molar-refractivity contribution is 0.0135. The number of nitrogens with zero attached hydrogens (tertiary/aromatic N) is 3. The van der Waals surface area contributed by atoms with Gasteiger partial charge in [0.2, 0.25) is 5.89 Å². The Balaban J connectivity index is 1.73. The molecule has 5 nitrogen and oxygen atoms in total. The molecule has 1 aromatic heterocycles. The van der Waals surface area contributed by atoms with Crippen molar-refractivity contribution in [1.82, 2.24) is 20.4 Å². The molecule has 1 saturated carbocycles. The summed E-state index contributed by atoms with van der Waals surface area (Å²) in [5.41, 5.74) is 0.331. The van der Waals surface area contributed by atoms with Gasteiger partial charge in [-0.15, -0.1) is 0 Å². The number of nitrogens with one attached hydrogen (secondary N) is 1. The van der Waals surface area contributed by atoms with Crippen LogP contribution in [-0.2, 0) is 13.0 Å². The lowest BCUT2D eigenvalue weighted by atomic mass is 9.79. The van der Waals surface area contributed by atoms with E-state index < -0.39 is 0 Å². The quantitative estimate of drug-likeness (QED) is 0.901. The zero-order valence-electron chi connectivity index (χ0n) is 11.8. The molecule has 0 unspecified atom stereocenters. The molecule has 0 radical (unpaired) electrons. The van der Waals surface area contributed by atoms with Gasteiger partial charge >= 0.3 is 0 Å². The monoisotopic (exact) mass is 264 g/mol. The molecular formula is C14H24N4O. The summed E-state index contributed by atoms with van der Waals surface area (Å²) in [5.74, 6) is 1.60. The van der Waals surface area contributed by atoms with Crippen molar-refractivity contribution in [3.63, 3.8) is 0 Å². The molecule has 0 bridgehead atoms. The first kappa shape index (κ1) is 13.1. The Labute approximate surface area is 114 Å². The minimum Gasteiger partial charge on any atom is -0.338 e. The highest BCUT2D eigenvalue weighted by Gasteiger charge is 2.40. The van der Waals surface area contributed by atoms with E-state index in [1.807, 2.05) is 0 Å². The van der Waals surface area contributed by atoms with Gasteiger partial charge in [0.15, 0.2) is 5.82 Å². The third-order valence-electron chi connectivity index (χ3n) is 4.62. The van der Waals surface area contributed by atoms with E-state index in [-0.39, 0.29) is 0 Å². The first-order valence-electron chi connectivity index (χ1n) is 7.60. The van der Waals surface area contributed by atoms with E-state index in [4.69, 9.17) is 4.52 Å². The number of piperazine rings is 1. The Hall–Kier alpha value is -0.940. The summed E-state index contributed by atoms with van der Waals surface area (Å²) in [6, 6.07) is 0. The molecule has 1 saturated heterocycles. The van der Waals surface area contributed by atoms with Crippen LogP contribution in [0.1, 0.15) is 50.7 Å². The van der Waals surface area contributed by atoms with Crippen LogP contribution in [0.2, 0.25) is 0 Å². The molecule has 1 spiro atoms. The van der Waals surface area contributed by atoms with Crippen LogP contribution in [0.3, 0.4) is 0 Å². The molecule has 106 valence electrons. The molecule has 2 fully saturated rings. The van der Waals surface area contributed by atoms with E-state index in [1.54, 1.807) is 0 Å². The molecule has 0 amide bonds. The average molecular weight is 264 g/mol. The summed E-state index contributed by atoms with van der Waals surface area (Å²) in [6.07, 6.45) is 7.53. The summed E-state index contributed by atoms with van der Waals surface area (Å²) >= 11 is 0. The van der Waals surface area contributed by atoms with Crippen molar-refractivity contribution in [1.29, 1.82) is 0 Å². The predicted molar refractivity (Wildman–Crippen MR) is 72.8 cm³/mol. The average Bonchev–Trinajstić information content (AvgIpc) is 2.90. The Morgan fingerprint density at radius 1 is 1.32 bits per heavy atom. The molecule has 3 rings (SSSR count). The van der Waals surface area contributed by atoms with Gasteiger partial charge in [-0.1, -0.05) is 31.3 Å². The molecule has 1 N–H and O–H groups in total. The summed E-state index contributed by atoms with van der Waals surface area (Å²) in [5, 5.41) is 7.57. The molecule has 5 heteroatoms. The van der Waals surface area contributed by atoms with Gasteiger partial charge in [-0.05, 0) is 12.8 Å². The summed E-state index contributed by atoms with van der Waals surface area (Å²) in [6.45, 7) is 6.14. The van der Waals surface area contributed by atoms with Gasteiger partial charge in [0.1, 0.15) is 0 Å². The fourth-order valence-corrected chi connectivity index (χ4v) is 3.49. The zero-order chi connectivity index (χ0) is 13.1. The van der Waals surface area contributed by atoms with Crippen LogP contribution in [0, 0.1) is 0 Å². The van der Waals surface area contributed by atoms with Crippen molar-refractivity contribution >= 4 is 0 Å². The fourth-order valence-electron chi connectivity index (χ4n) is 3.49. The van der Waals surface area contributed by atoms with Crippen LogP contribution < -0.4 is 5.32 Å². The standard InChI is InChI=1S/C14H24N4O/c1-2-12-16-13(19-17-12)10-18-9-8-15-11-14(18)6-4-3-5-7-14/h15H,2-11H2,1H3. The smallest absolute Gasteiger partial charge is 0.240 e. The number of hydrogen-bond acceptors (Lipinski definition) is 5.